The predicted octanol–water partition coefficient (Wildman–Crippen LogP) is 1.76. The van der Waals surface area contributed by atoms with Gasteiger partial charge in [-0.05, 0) is 36.1 Å². The topological polar surface area (TPSA) is 52.9 Å². The van der Waals surface area contributed by atoms with E-state index in [4.69, 9.17) is 4.74 Å². The zero-order chi connectivity index (χ0) is 13.9. The molecule has 106 valence electrons. The minimum absolute atomic E-state index is 0.107. The molecule has 4 heteroatoms. The van der Waals surface area contributed by atoms with Crippen LogP contribution in [0.15, 0.2) is 23.8 Å². The van der Waals surface area contributed by atoms with Crippen molar-refractivity contribution in [2.45, 2.75) is 37.5 Å². The molecule has 2 aliphatic heterocycles. The first-order chi connectivity index (χ1) is 9.69. The third-order valence-corrected chi connectivity index (χ3v) is 5.01. The maximum absolute atomic E-state index is 10.5. The van der Waals surface area contributed by atoms with Gasteiger partial charge in [0.2, 0.25) is 0 Å². The number of aromatic hydroxyl groups is 1. The van der Waals surface area contributed by atoms with Gasteiger partial charge in [-0.3, -0.25) is 4.90 Å². The molecule has 4 rings (SSSR count). The van der Waals surface area contributed by atoms with Gasteiger partial charge < -0.3 is 14.9 Å². The van der Waals surface area contributed by atoms with Gasteiger partial charge in [-0.1, -0.05) is 11.6 Å². The Labute approximate surface area is 118 Å². The monoisotopic (exact) mass is 273 g/mol. The summed E-state index contributed by atoms with van der Waals surface area (Å²) in [6.45, 7) is 1.89. The first-order valence-corrected chi connectivity index (χ1v) is 7.20. The average Bonchev–Trinajstić information content (AvgIpc) is 2.84. The summed E-state index contributed by atoms with van der Waals surface area (Å²) in [5.74, 6) is 0.791. The van der Waals surface area contributed by atoms with Crippen LogP contribution < -0.4 is 4.74 Å². The van der Waals surface area contributed by atoms with E-state index in [1.807, 2.05) is 6.07 Å². The highest BCUT2D eigenvalue weighted by Gasteiger charge is 2.45. The van der Waals surface area contributed by atoms with Gasteiger partial charge in [-0.2, -0.15) is 0 Å². The number of benzene rings is 1. The van der Waals surface area contributed by atoms with Crippen LogP contribution in [-0.2, 0) is 6.54 Å². The number of aliphatic hydroxyl groups excluding tert-OH is 1. The molecule has 1 fully saturated rings. The fourth-order valence-electron chi connectivity index (χ4n) is 4.12. The summed E-state index contributed by atoms with van der Waals surface area (Å²) in [6.07, 6.45) is 3.70. The van der Waals surface area contributed by atoms with Gasteiger partial charge in [0.1, 0.15) is 0 Å². The molecule has 0 aromatic heterocycles. The van der Waals surface area contributed by atoms with Crippen LogP contribution in [0.25, 0.3) is 0 Å². The summed E-state index contributed by atoms with van der Waals surface area (Å²) in [5, 5.41) is 20.5. The van der Waals surface area contributed by atoms with E-state index in [1.54, 1.807) is 13.2 Å². The molecule has 2 heterocycles. The normalized spacial score (nSPS) is 31.5. The lowest BCUT2D eigenvalue weighted by Crippen LogP contribution is -2.45. The summed E-state index contributed by atoms with van der Waals surface area (Å²) in [4.78, 5) is 2.42. The largest absolute Gasteiger partial charge is 0.504 e. The van der Waals surface area contributed by atoms with Gasteiger partial charge in [-0.25, -0.2) is 0 Å². The van der Waals surface area contributed by atoms with Crippen LogP contribution in [0.3, 0.4) is 0 Å². The van der Waals surface area contributed by atoms with E-state index in [1.165, 1.54) is 5.57 Å². The molecule has 0 unspecified atom stereocenters. The Morgan fingerprint density at radius 2 is 2.20 bits per heavy atom. The Bertz CT molecular complexity index is 596. The second kappa shape index (κ2) is 4.24. The third-order valence-electron chi connectivity index (χ3n) is 5.01. The zero-order valence-corrected chi connectivity index (χ0v) is 11.5. The highest BCUT2D eigenvalue weighted by molar-refractivity contribution is 5.51. The number of aliphatic hydroxyl groups is 1. The molecule has 0 radical (unpaired) electrons. The lowest BCUT2D eigenvalue weighted by atomic mass is 9.74. The quantitative estimate of drug-likeness (QED) is 0.766. The Balaban J connectivity index is 1.88. The Hall–Kier alpha value is -1.52. The summed E-state index contributed by atoms with van der Waals surface area (Å²) in [5.41, 5.74) is 3.73. The van der Waals surface area contributed by atoms with Gasteiger partial charge >= 0.3 is 0 Å². The average molecular weight is 273 g/mol. The van der Waals surface area contributed by atoms with Crippen LogP contribution in [0.4, 0.5) is 0 Å². The van der Waals surface area contributed by atoms with E-state index in [-0.39, 0.29) is 17.8 Å². The highest BCUT2D eigenvalue weighted by Crippen LogP contribution is 2.48. The zero-order valence-electron chi connectivity index (χ0n) is 11.5. The van der Waals surface area contributed by atoms with Crippen molar-refractivity contribution in [2.75, 3.05) is 13.7 Å². The number of ether oxygens (including phenoxy) is 1. The van der Waals surface area contributed by atoms with Crippen LogP contribution >= 0.6 is 0 Å². The number of nitrogens with zero attached hydrogens (tertiary/aromatic N) is 1. The number of hydrogen-bond acceptors (Lipinski definition) is 4. The molecule has 20 heavy (non-hydrogen) atoms. The number of hydrogen-bond donors (Lipinski definition) is 2. The smallest absolute Gasteiger partial charge is 0.160 e. The SMILES string of the molecule is COc1cc2c(cc1O)CN1CCC3=CC[C@H](O)[C@@H]2[C@H]31. The fourth-order valence-corrected chi connectivity index (χ4v) is 4.12. The molecular weight excluding hydrogens is 254 g/mol. The van der Waals surface area contributed by atoms with Crippen molar-refractivity contribution in [3.63, 3.8) is 0 Å². The van der Waals surface area contributed by atoms with Crippen molar-refractivity contribution in [3.8, 4) is 11.5 Å². The number of fused-ring (bicyclic) bond motifs is 2. The maximum Gasteiger partial charge on any atom is 0.160 e. The summed E-state index contributed by atoms with van der Waals surface area (Å²) in [7, 11) is 1.56. The standard InChI is InChI=1S/C16H19NO3/c1-20-14-7-11-10(6-13(14)19)8-17-5-4-9-2-3-12(18)15(11)16(9)17/h2,6-7,12,15-16,18-19H,3-5,8H2,1H3/t12-,15+,16-/m0/s1. The van der Waals surface area contributed by atoms with E-state index >= 15 is 0 Å². The van der Waals surface area contributed by atoms with Gasteiger partial charge in [0.05, 0.1) is 13.2 Å². The van der Waals surface area contributed by atoms with Gasteiger partial charge in [0, 0.05) is 25.0 Å². The second-order valence-corrected chi connectivity index (χ2v) is 6.00. The molecule has 1 aromatic rings. The van der Waals surface area contributed by atoms with E-state index in [0.29, 0.717) is 11.8 Å². The van der Waals surface area contributed by atoms with Crippen LogP contribution in [0.2, 0.25) is 0 Å². The maximum atomic E-state index is 10.5. The minimum Gasteiger partial charge on any atom is -0.504 e. The third kappa shape index (κ3) is 1.55. The van der Waals surface area contributed by atoms with Crippen LogP contribution in [0, 0.1) is 0 Å². The molecule has 1 aliphatic carbocycles. The highest BCUT2D eigenvalue weighted by atomic mass is 16.5. The molecule has 3 atom stereocenters. The van der Waals surface area contributed by atoms with E-state index in [2.05, 4.69) is 11.0 Å². The van der Waals surface area contributed by atoms with Crippen molar-refractivity contribution in [3.05, 3.63) is 34.9 Å². The number of phenolic OH excluding ortho intramolecular Hbond substituents is 1. The second-order valence-electron chi connectivity index (χ2n) is 6.00. The summed E-state index contributed by atoms with van der Waals surface area (Å²) >= 11 is 0. The first kappa shape index (κ1) is 12.2. The number of methoxy groups -OCH3 is 1. The van der Waals surface area contributed by atoms with Crippen molar-refractivity contribution < 1.29 is 14.9 Å². The van der Waals surface area contributed by atoms with E-state index < -0.39 is 0 Å². The molecule has 1 saturated heterocycles. The molecular formula is C16H19NO3. The van der Waals surface area contributed by atoms with Gasteiger partial charge in [0.15, 0.2) is 11.5 Å². The van der Waals surface area contributed by atoms with Crippen molar-refractivity contribution in [1.29, 1.82) is 0 Å². The Kier molecular flexibility index (Phi) is 2.59. The van der Waals surface area contributed by atoms with Crippen LogP contribution in [-0.4, -0.2) is 40.9 Å². The first-order valence-electron chi connectivity index (χ1n) is 7.20. The molecule has 3 aliphatic rings. The van der Waals surface area contributed by atoms with Gasteiger partial charge in [0.25, 0.3) is 0 Å². The Morgan fingerprint density at radius 1 is 1.35 bits per heavy atom. The number of rotatable bonds is 1. The lowest BCUT2D eigenvalue weighted by molar-refractivity contribution is 0.0828. The Morgan fingerprint density at radius 3 is 3.00 bits per heavy atom. The fraction of sp³-hybridized carbons (Fsp3) is 0.500. The molecule has 0 bridgehead atoms. The minimum atomic E-state index is -0.349. The summed E-state index contributed by atoms with van der Waals surface area (Å²) < 4.78 is 5.24. The molecule has 0 spiro atoms. The molecule has 2 N–H and O–H groups in total. The number of phenols is 1. The van der Waals surface area contributed by atoms with E-state index in [0.717, 1.165) is 37.1 Å². The van der Waals surface area contributed by atoms with Crippen LogP contribution in [0.1, 0.15) is 29.9 Å². The predicted molar refractivity (Wildman–Crippen MR) is 74.9 cm³/mol. The van der Waals surface area contributed by atoms with Crippen LogP contribution in [0.5, 0.6) is 11.5 Å². The van der Waals surface area contributed by atoms with Crippen molar-refractivity contribution >= 4 is 0 Å². The summed E-state index contributed by atoms with van der Waals surface area (Å²) in [6, 6.07) is 4.05. The molecule has 0 amide bonds. The lowest BCUT2D eigenvalue weighted by Gasteiger charge is -2.43. The van der Waals surface area contributed by atoms with Crippen molar-refractivity contribution in [1.82, 2.24) is 4.90 Å². The molecule has 4 nitrogen and oxygen atoms in total. The van der Waals surface area contributed by atoms with Gasteiger partial charge in [-0.15, -0.1) is 0 Å². The van der Waals surface area contributed by atoms with E-state index in [9.17, 15) is 10.2 Å². The van der Waals surface area contributed by atoms with Crippen molar-refractivity contribution in [2.24, 2.45) is 0 Å². The molecule has 1 aromatic carbocycles. The molecule has 0 saturated carbocycles.